The molecule has 0 bridgehead atoms. The van der Waals surface area contributed by atoms with Gasteiger partial charge in [0.1, 0.15) is 39.8 Å². The molecule has 2 aromatic rings. The zero-order valence-electron chi connectivity index (χ0n) is 38.4. The molecule has 0 aliphatic heterocycles. The van der Waals surface area contributed by atoms with Crippen LogP contribution in [0, 0.1) is 0 Å². The van der Waals surface area contributed by atoms with Gasteiger partial charge in [-0.05, 0) is 146 Å². The monoisotopic (exact) mass is 925 g/mol. The summed E-state index contributed by atoms with van der Waals surface area (Å²) in [7, 11) is -5.01. The summed E-state index contributed by atoms with van der Waals surface area (Å²) >= 11 is 6.55. The Morgan fingerprint density at radius 3 is 1.71 bits per heavy atom. The predicted octanol–water partition coefficient (Wildman–Crippen LogP) is 7.80. The summed E-state index contributed by atoms with van der Waals surface area (Å²) in [5, 5.41) is 5.00. The third-order valence-corrected chi connectivity index (χ3v) is 8.60. The smallest absolute Gasteiger partial charge is 0.437 e. The van der Waals surface area contributed by atoms with Crippen LogP contribution in [0.4, 0.5) is 20.1 Å². The molecule has 0 aliphatic carbocycles. The van der Waals surface area contributed by atoms with Crippen molar-refractivity contribution in [2.45, 2.75) is 151 Å². The van der Waals surface area contributed by atoms with Crippen LogP contribution >= 0.6 is 11.6 Å². The largest absolute Gasteiger partial charge is 0.460 e. The molecule has 0 saturated heterocycles. The standard InChI is InChI=1S/C42H60ClN5O14S/c1-38(2,3)58-31(49)23-30(33(51)59-39(4,5)6)47-63(55,56)48(37(54)62-42(13,14)15)24-26-18-21-28(22-29(26)43)57-32(50)25-16-19-27(20-17-25)44-34(45-35(52)60-40(7,8)9)46-36(53)61-41(10,11)12/h16-22,30,47H,23-24H2,1-15H3,(H2,44,45,46,52,53). The van der Waals surface area contributed by atoms with E-state index >= 15 is 0 Å². The van der Waals surface area contributed by atoms with E-state index in [1.165, 1.54) is 63.2 Å². The molecule has 1 unspecified atom stereocenters. The number of benzene rings is 2. The number of amides is 3. The molecule has 0 aromatic heterocycles. The molecule has 0 aliphatic rings. The second kappa shape index (κ2) is 20.8. The SMILES string of the molecule is CC(C)(C)OC(=O)CC(NS(=O)(=O)N(Cc1ccc(OC(=O)c2ccc(NC(=NC(=O)OC(C)(C)C)NC(=O)OC(C)(C)C)cc2)cc1Cl)C(=O)OC(C)(C)C)C(=O)OC(C)(C)C. The van der Waals surface area contributed by atoms with Gasteiger partial charge in [-0.15, -0.1) is 4.99 Å². The minimum absolute atomic E-state index is 0.0490. The first-order valence-electron chi connectivity index (χ1n) is 19.6. The Balaban J connectivity index is 2.37. The maximum absolute atomic E-state index is 14.0. The number of carbonyl (C=O) groups excluding carboxylic acids is 6. The van der Waals surface area contributed by atoms with Gasteiger partial charge in [0.15, 0.2) is 0 Å². The fourth-order valence-electron chi connectivity index (χ4n) is 4.63. The van der Waals surface area contributed by atoms with Crippen LogP contribution in [0.25, 0.3) is 0 Å². The first kappa shape index (κ1) is 53.7. The Hall–Kier alpha value is -5.47. The lowest BCUT2D eigenvalue weighted by Crippen LogP contribution is -2.53. The highest BCUT2D eigenvalue weighted by Gasteiger charge is 2.39. The normalized spacial score (nSPS) is 13.2. The molecule has 1 atom stereocenters. The molecule has 2 aromatic carbocycles. The maximum Gasteiger partial charge on any atom is 0.437 e. The van der Waals surface area contributed by atoms with Crippen molar-refractivity contribution in [2.24, 2.45) is 4.99 Å². The second-order valence-corrected chi connectivity index (χ2v) is 20.9. The number of nitrogens with zero attached hydrogens (tertiary/aromatic N) is 2. The number of anilines is 1. The van der Waals surface area contributed by atoms with Crippen molar-refractivity contribution in [2.75, 3.05) is 5.32 Å². The van der Waals surface area contributed by atoms with Crippen molar-refractivity contribution in [3.05, 3.63) is 58.6 Å². The molecular weight excluding hydrogens is 866 g/mol. The van der Waals surface area contributed by atoms with E-state index in [9.17, 15) is 37.2 Å². The molecule has 2 rings (SSSR count). The maximum atomic E-state index is 14.0. The van der Waals surface area contributed by atoms with Gasteiger partial charge in [-0.2, -0.15) is 17.4 Å². The lowest BCUT2D eigenvalue weighted by molar-refractivity contribution is -0.164. The van der Waals surface area contributed by atoms with Crippen molar-refractivity contribution in [1.82, 2.24) is 14.3 Å². The first-order valence-corrected chi connectivity index (χ1v) is 21.4. The van der Waals surface area contributed by atoms with Gasteiger partial charge in [0, 0.05) is 10.7 Å². The number of halogens is 1. The number of aliphatic imine (C=N–C) groups is 1. The van der Waals surface area contributed by atoms with Crippen molar-refractivity contribution in [1.29, 1.82) is 0 Å². The summed E-state index contributed by atoms with van der Waals surface area (Å²) in [4.78, 5) is 81.3. The topological polar surface area (TPSA) is 244 Å². The summed E-state index contributed by atoms with van der Waals surface area (Å²) in [5.41, 5.74) is -4.54. The molecule has 0 radical (unpaired) electrons. The van der Waals surface area contributed by atoms with Gasteiger partial charge < -0.3 is 33.7 Å². The molecule has 0 heterocycles. The highest BCUT2D eigenvalue weighted by molar-refractivity contribution is 7.87. The van der Waals surface area contributed by atoms with E-state index in [1.807, 2.05) is 0 Å². The summed E-state index contributed by atoms with van der Waals surface area (Å²) in [5.74, 6) is -3.24. The van der Waals surface area contributed by atoms with E-state index in [4.69, 9.17) is 40.0 Å². The number of ether oxygens (including phenoxy) is 6. The van der Waals surface area contributed by atoms with Crippen LogP contribution in [0.1, 0.15) is 126 Å². The lowest BCUT2D eigenvalue weighted by atomic mass is 10.1. The zero-order valence-corrected chi connectivity index (χ0v) is 40.0. The Kier molecular flexibility index (Phi) is 17.7. The van der Waals surface area contributed by atoms with Crippen molar-refractivity contribution >= 4 is 69.6 Å². The number of hydrogen-bond acceptors (Lipinski definition) is 14. The van der Waals surface area contributed by atoms with Crippen molar-refractivity contribution in [3.63, 3.8) is 0 Å². The molecule has 3 amide bonds. The fourth-order valence-corrected chi connectivity index (χ4v) is 6.07. The number of hydrogen-bond donors (Lipinski definition) is 3. The van der Waals surface area contributed by atoms with E-state index in [-0.39, 0.29) is 27.9 Å². The Bertz CT molecular complexity index is 2140. The Morgan fingerprint density at radius 1 is 0.698 bits per heavy atom. The van der Waals surface area contributed by atoms with E-state index in [0.29, 0.717) is 9.99 Å². The molecule has 0 fully saturated rings. The van der Waals surface area contributed by atoms with Crippen LogP contribution in [-0.2, 0) is 50.0 Å². The molecule has 0 spiro atoms. The summed E-state index contributed by atoms with van der Waals surface area (Å²) in [6.45, 7) is 23.1. The number of guanidine groups is 1. The van der Waals surface area contributed by atoms with Crippen LogP contribution < -0.4 is 20.1 Å². The van der Waals surface area contributed by atoms with E-state index in [2.05, 4.69) is 20.3 Å². The van der Waals surface area contributed by atoms with Crippen LogP contribution in [0.5, 0.6) is 5.75 Å². The average Bonchev–Trinajstić information content (AvgIpc) is 3.03. The van der Waals surface area contributed by atoms with E-state index < -0.39 is 93.4 Å². The molecule has 3 N–H and O–H groups in total. The molecule has 350 valence electrons. The molecule has 21 heteroatoms. The lowest BCUT2D eigenvalue weighted by Gasteiger charge is -2.30. The van der Waals surface area contributed by atoms with Crippen molar-refractivity contribution in [3.8, 4) is 5.75 Å². The molecular formula is C42H60ClN5O14S. The van der Waals surface area contributed by atoms with Gasteiger partial charge in [0.2, 0.25) is 5.96 Å². The zero-order chi connectivity index (χ0) is 48.5. The summed E-state index contributed by atoms with van der Waals surface area (Å²) in [6.07, 6.45) is -4.02. The third-order valence-electron chi connectivity index (χ3n) is 6.81. The minimum Gasteiger partial charge on any atom is -0.460 e. The molecule has 63 heavy (non-hydrogen) atoms. The quantitative estimate of drug-likeness (QED) is 0.0640. The van der Waals surface area contributed by atoms with Gasteiger partial charge in [-0.1, -0.05) is 17.7 Å². The third kappa shape index (κ3) is 21.0. The fraction of sp³-hybridized carbons (Fsp3) is 0.548. The van der Waals surface area contributed by atoms with Gasteiger partial charge in [0.25, 0.3) is 0 Å². The predicted molar refractivity (Wildman–Crippen MR) is 233 cm³/mol. The highest BCUT2D eigenvalue weighted by atomic mass is 35.5. The summed E-state index contributed by atoms with van der Waals surface area (Å²) < 4.78 is 62.3. The molecule has 0 saturated carbocycles. The van der Waals surface area contributed by atoms with E-state index in [0.717, 1.165) is 0 Å². The first-order chi connectivity index (χ1) is 28.4. The van der Waals surface area contributed by atoms with Gasteiger partial charge >= 0.3 is 46.4 Å². The number of alkyl carbamates (subject to hydrolysis) is 1. The molecule has 19 nitrogen and oxygen atoms in total. The number of carbonyl (C=O) groups is 6. The van der Waals surface area contributed by atoms with Crippen LogP contribution in [0.15, 0.2) is 47.5 Å². The Labute approximate surface area is 374 Å². The number of nitrogens with one attached hydrogen (secondary N) is 3. The number of esters is 3. The van der Waals surface area contributed by atoms with Gasteiger partial charge in [0.05, 0.1) is 18.5 Å². The Morgan fingerprint density at radius 2 is 1.22 bits per heavy atom. The van der Waals surface area contributed by atoms with Gasteiger partial charge in [-0.3, -0.25) is 14.9 Å². The van der Waals surface area contributed by atoms with Crippen LogP contribution in [0.3, 0.4) is 0 Å². The summed E-state index contributed by atoms with van der Waals surface area (Å²) in [6, 6.07) is 7.63. The van der Waals surface area contributed by atoms with Crippen LogP contribution in [0.2, 0.25) is 5.02 Å². The number of rotatable bonds is 11. The van der Waals surface area contributed by atoms with Crippen molar-refractivity contribution < 1.29 is 65.6 Å². The average molecular weight is 926 g/mol. The van der Waals surface area contributed by atoms with E-state index in [1.54, 1.807) is 83.1 Å². The second-order valence-electron chi connectivity index (χ2n) is 18.9. The minimum atomic E-state index is -5.01. The van der Waals surface area contributed by atoms with Gasteiger partial charge in [-0.25, -0.2) is 19.2 Å². The highest BCUT2D eigenvalue weighted by Crippen LogP contribution is 2.27. The van der Waals surface area contributed by atoms with Crippen LogP contribution in [-0.4, -0.2) is 88.9 Å².